The molecule has 0 atom stereocenters. The van der Waals surface area contributed by atoms with E-state index in [1.807, 2.05) is 37.3 Å². The summed E-state index contributed by atoms with van der Waals surface area (Å²) >= 11 is 0. The lowest BCUT2D eigenvalue weighted by molar-refractivity contribution is -0.112. The van der Waals surface area contributed by atoms with E-state index in [0.29, 0.717) is 22.5 Å². The van der Waals surface area contributed by atoms with Crippen molar-refractivity contribution in [3.63, 3.8) is 0 Å². The van der Waals surface area contributed by atoms with Crippen LogP contribution in [0.4, 0.5) is 5.69 Å². The Morgan fingerprint density at radius 1 is 1.00 bits per heavy atom. The number of nitrogens with one attached hydrogen (secondary N) is 2. The molecule has 0 bridgehead atoms. The summed E-state index contributed by atoms with van der Waals surface area (Å²) in [4.78, 5) is 24.6. The summed E-state index contributed by atoms with van der Waals surface area (Å²) in [7, 11) is 0. The Balaban J connectivity index is 2.04. The predicted octanol–water partition coefficient (Wildman–Crippen LogP) is 2.53. The molecule has 2 aliphatic heterocycles. The second kappa shape index (κ2) is 4.49. The van der Waals surface area contributed by atoms with Gasteiger partial charge in [0.25, 0.3) is 0 Å². The minimum atomic E-state index is -0.147. The number of allylic oxidation sites excluding steroid dienone is 4. The first-order chi connectivity index (χ1) is 9.63. The molecule has 4 heteroatoms. The minimum absolute atomic E-state index is 0.137. The Bertz CT molecular complexity index is 724. The van der Waals surface area contributed by atoms with E-state index in [1.54, 1.807) is 13.0 Å². The van der Waals surface area contributed by atoms with Gasteiger partial charge >= 0.3 is 0 Å². The zero-order valence-electron chi connectivity index (χ0n) is 11.3. The number of Topliss-reactive ketones (excluding diaryl/α,β-unsaturated/α-hetero) is 2. The molecule has 20 heavy (non-hydrogen) atoms. The van der Waals surface area contributed by atoms with Crippen molar-refractivity contribution < 1.29 is 9.59 Å². The zero-order valence-corrected chi connectivity index (χ0v) is 11.3. The number of carbonyl (C=O) groups is 2. The van der Waals surface area contributed by atoms with Crippen LogP contribution in [0.2, 0.25) is 0 Å². The van der Waals surface area contributed by atoms with Crippen molar-refractivity contribution >= 4 is 17.3 Å². The van der Waals surface area contributed by atoms with Crippen molar-refractivity contribution in [1.29, 1.82) is 0 Å². The maximum absolute atomic E-state index is 12.4. The van der Waals surface area contributed by atoms with Crippen molar-refractivity contribution in [2.45, 2.75) is 13.8 Å². The van der Waals surface area contributed by atoms with Gasteiger partial charge in [-0.25, -0.2) is 0 Å². The van der Waals surface area contributed by atoms with Crippen LogP contribution in [0.15, 0.2) is 59.1 Å². The fourth-order valence-electron chi connectivity index (χ4n) is 2.40. The predicted molar refractivity (Wildman–Crippen MR) is 77.1 cm³/mol. The molecular formula is C16H14N2O2. The molecule has 0 radical (unpaired) electrons. The van der Waals surface area contributed by atoms with Gasteiger partial charge in [-0.15, -0.1) is 0 Å². The standard InChI is InChI=1S/C16H14N2O2/c1-3-6-11-9(2)15(19)13(17-11)14-16(20)10-7-4-5-8-12(10)18-14/h3-8,17-18H,1-2H3/b6-3-,14-13+. The maximum atomic E-state index is 12.4. The van der Waals surface area contributed by atoms with E-state index in [4.69, 9.17) is 0 Å². The number of fused-ring (bicyclic) bond motifs is 1. The third-order valence-electron chi connectivity index (χ3n) is 3.47. The van der Waals surface area contributed by atoms with Gasteiger partial charge in [-0.05, 0) is 32.1 Å². The molecular weight excluding hydrogens is 252 g/mol. The highest BCUT2D eigenvalue weighted by Crippen LogP contribution is 2.31. The molecule has 4 nitrogen and oxygen atoms in total. The highest BCUT2D eigenvalue weighted by Gasteiger charge is 2.33. The highest BCUT2D eigenvalue weighted by atomic mass is 16.1. The van der Waals surface area contributed by atoms with Crippen molar-refractivity contribution in [3.05, 3.63) is 64.6 Å². The summed E-state index contributed by atoms with van der Waals surface area (Å²) in [6.45, 7) is 3.64. The Hall–Kier alpha value is -2.62. The van der Waals surface area contributed by atoms with E-state index in [9.17, 15) is 9.59 Å². The van der Waals surface area contributed by atoms with E-state index in [1.165, 1.54) is 0 Å². The lowest BCUT2D eigenvalue weighted by atomic mass is 10.1. The quantitative estimate of drug-likeness (QED) is 0.767. The number of anilines is 1. The van der Waals surface area contributed by atoms with E-state index >= 15 is 0 Å². The van der Waals surface area contributed by atoms with Gasteiger partial charge in [0.1, 0.15) is 11.4 Å². The van der Waals surface area contributed by atoms with Crippen molar-refractivity contribution in [3.8, 4) is 0 Å². The normalized spacial score (nSPS) is 21.5. The summed E-state index contributed by atoms with van der Waals surface area (Å²) < 4.78 is 0. The van der Waals surface area contributed by atoms with E-state index < -0.39 is 0 Å². The first-order valence-corrected chi connectivity index (χ1v) is 6.43. The third-order valence-corrected chi connectivity index (χ3v) is 3.47. The smallest absolute Gasteiger partial charge is 0.213 e. The van der Waals surface area contributed by atoms with Crippen LogP contribution >= 0.6 is 0 Å². The molecule has 2 N–H and O–H groups in total. The summed E-state index contributed by atoms with van der Waals surface area (Å²) in [5.74, 6) is -0.285. The SMILES string of the molecule is C/C=C\C1=C(C)C(=O)/C(=C2\Nc3ccccc3C2=O)N1. The molecule has 0 saturated heterocycles. The molecule has 100 valence electrons. The second-order valence-electron chi connectivity index (χ2n) is 4.74. The number of para-hydroxylation sites is 1. The summed E-state index contributed by atoms with van der Waals surface area (Å²) in [6, 6.07) is 7.24. The number of benzene rings is 1. The van der Waals surface area contributed by atoms with Crippen LogP contribution in [0, 0.1) is 0 Å². The summed E-state index contributed by atoms with van der Waals surface area (Å²) in [5, 5.41) is 6.07. The number of carbonyl (C=O) groups excluding carboxylic acids is 2. The first kappa shape index (κ1) is 12.4. The number of hydrogen-bond donors (Lipinski definition) is 2. The lowest BCUT2D eigenvalue weighted by Gasteiger charge is -2.04. The molecule has 0 unspecified atom stereocenters. The van der Waals surface area contributed by atoms with Crippen LogP contribution < -0.4 is 10.6 Å². The molecule has 0 amide bonds. The van der Waals surface area contributed by atoms with Crippen LogP contribution in [0.5, 0.6) is 0 Å². The monoisotopic (exact) mass is 266 g/mol. The molecule has 1 aromatic rings. The van der Waals surface area contributed by atoms with E-state index in [0.717, 1.165) is 11.4 Å². The van der Waals surface area contributed by atoms with Gasteiger partial charge < -0.3 is 10.6 Å². The van der Waals surface area contributed by atoms with Gasteiger partial charge in [0.15, 0.2) is 0 Å². The van der Waals surface area contributed by atoms with Gasteiger partial charge in [0.2, 0.25) is 11.6 Å². The van der Waals surface area contributed by atoms with Gasteiger partial charge in [0, 0.05) is 22.5 Å². The van der Waals surface area contributed by atoms with Crippen molar-refractivity contribution in [1.82, 2.24) is 5.32 Å². The van der Waals surface area contributed by atoms with Gasteiger partial charge in [0.05, 0.1) is 0 Å². The number of ketones is 2. The van der Waals surface area contributed by atoms with Crippen LogP contribution in [0.1, 0.15) is 24.2 Å². The number of hydrogen-bond acceptors (Lipinski definition) is 4. The maximum Gasteiger partial charge on any atom is 0.213 e. The average molecular weight is 266 g/mol. The average Bonchev–Trinajstić information content (AvgIpc) is 2.92. The molecule has 1 aromatic carbocycles. The Labute approximate surface area is 116 Å². The topological polar surface area (TPSA) is 58.2 Å². The van der Waals surface area contributed by atoms with Crippen LogP contribution in [0.3, 0.4) is 0 Å². The van der Waals surface area contributed by atoms with Crippen LogP contribution in [0.25, 0.3) is 0 Å². The van der Waals surface area contributed by atoms with Gasteiger partial charge in [-0.3, -0.25) is 9.59 Å². The van der Waals surface area contributed by atoms with E-state index in [2.05, 4.69) is 10.6 Å². The minimum Gasteiger partial charge on any atom is -0.350 e. The third kappa shape index (κ3) is 1.69. The van der Waals surface area contributed by atoms with Gasteiger partial charge in [-0.2, -0.15) is 0 Å². The highest BCUT2D eigenvalue weighted by molar-refractivity contribution is 6.24. The molecule has 2 heterocycles. The lowest BCUT2D eigenvalue weighted by Crippen LogP contribution is -2.18. The molecule has 0 saturated carbocycles. The molecule has 2 aliphatic rings. The molecule has 3 rings (SSSR count). The first-order valence-electron chi connectivity index (χ1n) is 6.43. The largest absolute Gasteiger partial charge is 0.350 e. The second-order valence-corrected chi connectivity index (χ2v) is 4.74. The number of rotatable bonds is 1. The Kier molecular flexibility index (Phi) is 2.79. The van der Waals surface area contributed by atoms with E-state index in [-0.39, 0.29) is 11.6 Å². The van der Waals surface area contributed by atoms with Crippen molar-refractivity contribution in [2.75, 3.05) is 5.32 Å². The van der Waals surface area contributed by atoms with Crippen LogP contribution in [-0.2, 0) is 4.79 Å². The molecule has 0 aliphatic carbocycles. The molecule has 0 aromatic heterocycles. The molecule has 0 fully saturated rings. The zero-order chi connectivity index (χ0) is 14.3. The summed E-state index contributed by atoms with van der Waals surface area (Å²) in [6.07, 6.45) is 3.68. The summed E-state index contributed by atoms with van der Waals surface area (Å²) in [5.41, 5.74) is 3.36. The van der Waals surface area contributed by atoms with Crippen molar-refractivity contribution in [2.24, 2.45) is 0 Å². The molecule has 0 spiro atoms. The fraction of sp³-hybridized carbons (Fsp3) is 0.125. The fourth-order valence-corrected chi connectivity index (χ4v) is 2.40. The Morgan fingerprint density at radius 3 is 2.40 bits per heavy atom. The Morgan fingerprint density at radius 2 is 1.70 bits per heavy atom. The van der Waals surface area contributed by atoms with Gasteiger partial charge in [-0.1, -0.05) is 18.2 Å². The van der Waals surface area contributed by atoms with Crippen LogP contribution in [-0.4, -0.2) is 11.6 Å².